The van der Waals surface area contributed by atoms with E-state index in [1.807, 2.05) is 0 Å². The summed E-state index contributed by atoms with van der Waals surface area (Å²) in [4.78, 5) is 27.1. The highest BCUT2D eigenvalue weighted by atomic mass is 16.5. The lowest BCUT2D eigenvalue weighted by Crippen LogP contribution is -2.60. The number of nitrogens with zero attached hydrogens (tertiary/aromatic N) is 1. The number of morpholine rings is 1. The molecule has 2 saturated carbocycles. The van der Waals surface area contributed by atoms with Gasteiger partial charge in [0.05, 0.1) is 18.6 Å². The number of carbonyl (C=O) groups excluding carboxylic acids is 2. The summed E-state index contributed by atoms with van der Waals surface area (Å²) in [7, 11) is 0. The van der Waals surface area contributed by atoms with Crippen molar-refractivity contribution in [3.8, 4) is 0 Å². The molecule has 2 amide bonds. The number of nitrogens with two attached hydrogens (primary N) is 1. The molecular formula is C15H25N3O3. The molecule has 0 spiro atoms. The van der Waals surface area contributed by atoms with Crippen molar-refractivity contribution in [2.24, 2.45) is 11.1 Å². The summed E-state index contributed by atoms with van der Waals surface area (Å²) in [6.07, 6.45) is 5.87. The second-order valence-electron chi connectivity index (χ2n) is 6.56. The van der Waals surface area contributed by atoms with Gasteiger partial charge in [0.25, 0.3) is 0 Å². The van der Waals surface area contributed by atoms with Gasteiger partial charge in [-0.15, -0.1) is 0 Å². The molecule has 0 bridgehead atoms. The molecule has 1 aliphatic heterocycles. The Morgan fingerprint density at radius 3 is 2.62 bits per heavy atom. The molecule has 1 unspecified atom stereocenters. The van der Waals surface area contributed by atoms with Gasteiger partial charge in [0.15, 0.2) is 0 Å². The molecule has 118 valence electrons. The summed E-state index contributed by atoms with van der Waals surface area (Å²) in [6, 6.07) is -0.192. The molecule has 3 N–H and O–H groups in total. The summed E-state index contributed by atoms with van der Waals surface area (Å²) >= 11 is 0. The van der Waals surface area contributed by atoms with E-state index in [2.05, 4.69) is 5.32 Å². The van der Waals surface area contributed by atoms with Crippen molar-refractivity contribution >= 4 is 11.8 Å². The number of amides is 2. The van der Waals surface area contributed by atoms with Crippen LogP contribution in [0.5, 0.6) is 0 Å². The van der Waals surface area contributed by atoms with Crippen LogP contribution in [0.4, 0.5) is 0 Å². The SMILES string of the molecule is NCC1(C(=O)N2CCOCC2C(=O)NC2CC2)CCCC1. The summed E-state index contributed by atoms with van der Waals surface area (Å²) in [5.41, 5.74) is 5.46. The summed E-state index contributed by atoms with van der Waals surface area (Å²) in [6.45, 7) is 1.66. The van der Waals surface area contributed by atoms with Crippen molar-refractivity contribution in [3.05, 3.63) is 0 Å². The number of hydrogen-bond donors (Lipinski definition) is 2. The van der Waals surface area contributed by atoms with Gasteiger partial charge in [-0.2, -0.15) is 0 Å². The zero-order valence-electron chi connectivity index (χ0n) is 12.5. The van der Waals surface area contributed by atoms with E-state index in [0.29, 0.717) is 32.3 Å². The first-order chi connectivity index (χ1) is 10.2. The number of rotatable bonds is 4. The minimum absolute atomic E-state index is 0.0572. The molecule has 3 aliphatic rings. The second-order valence-corrected chi connectivity index (χ2v) is 6.56. The van der Waals surface area contributed by atoms with Crippen molar-refractivity contribution in [1.29, 1.82) is 0 Å². The van der Waals surface area contributed by atoms with E-state index < -0.39 is 11.5 Å². The first-order valence-corrected chi connectivity index (χ1v) is 8.05. The van der Waals surface area contributed by atoms with Gasteiger partial charge in [0.2, 0.25) is 11.8 Å². The fraction of sp³-hybridized carbons (Fsp3) is 0.867. The summed E-state index contributed by atoms with van der Waals surface area (Å²) in [5.74, 6) is -0.0162. The van der Waals surface area contributed by atoms with Gasteiger partial charge < -0.3 is 20.7 Å². The van der Waals surface area contributed by atoms with E-state index >= 15 is 0 Å². The average molecular weight is 295 g/mol. The van der Waals surface area contributed by atoms with Gasteiger partial charge in [-0.25, -0.2) is 0 Å². The molecule has 6 nitrogen and oxygen atoms in total. The van der Waals surface area contributed by atoms with E-state index in [-0.39, 0.29) is 11.8 Å². The predicted molar refractivity (Wildman–Crippen MR) is 77.4 cm³/mol. The quantitative estimate of drug-likeness (QED) is 0.765. The maximum absolute atomic E-state index is 13.0. The third-order valence-electron chi connectivity index (χ3n) is 5.02. The maximum Gasteiger partial charge on any atom is 0.245 e. The van der Waals surface area contributed by atoms with Crippen molar-refractivity contribution in [1.82, 2.24) is 10.2 Å². The van der Waals surface area contributed by atoms with Gasteiger partial charge in [0.1, 0.15) is 6.04 Å². The van der Waals surface area contributed by atoms with E-state index in [1.54, 1.807) is 4.90 Å². The molecule has 0 aromatic rings. The van der Waals surface area contributed by atoms with Crippen LogP contribution in [0.3, 0.4) is 0 Å². The molecule has 1 heterocycles. The van der Waals surface area contributed by atoms with Crippen LogP contribution in [0.25, 0.3) is 0 Å². The number of ether oxygens (including phenoxy) is 1. The monoisotopic (exact) mass is 295 g/mol. The van der Waals surface area contributed by atoms with Crippen molar-refractivity contribution in [3.63, 3.8) is 0 Å². The first-order valence-electron chi connectivity index (χ1n) is 8.05. The van der Waals surface area contributed by atoms with E-state index in [1.165, 1.54) is 0 Å². The third-order valence-corrected chi connectivity index (χ3v) is 5.02. The van der Waals surface area contributed by atoms with Crippen molar-refractivity contribution < 1.29 is 14.3 Å². The van der Waals surface area contributed by atoms with Crippen LogP contribution in [0.1, 0.15) is 38.5 Å². The highest BCUT2D eigenvalue weighted by molar-refractivity contribution is 5.91. The Balaban J connectivity index is 1.73. The Bertz CT molecular complexity index is 416. The largest absolute Gasteiger partial charge is 0.377 e. The number of hydrogen-bond acceptors (Lipinski definition) is 4. The number of nitrogens with one attached hydrogen (secondary N) is 1. The van der Waals surface area contributed by atoms with E-state index in [0.717, 1.165) is 38.5 Å². The van der Waals surface area contributed by atoms with Crippen LogP contribution >= 0.6 is 0 Å². The van der Waals surface area contributed by atoms with Gasteiger partial charge >= 0.3 is 0 Å². The van der Waals surface area contributed by atoms with Gasteiger partial charge in [-0.1, -0.05) is 12.8 Å². The lowest BCUT2D eigenvalue weighted by molar-refractivity contribution is -0.156. The smallest absolute Gasteiger partial charge is 0.245 e. The Kier molecular flexibility index (Phi) is 4.17. The fourth-order valence-corrected chi connectivity index (χ4v) is 3.45. The highest BCUT2D eigenvalue weighted by Crippen LogP contribution is 2.39. The molecule has 3 rings (SSSR count). The normalized spacial score (nSPS) is 28.4. The fourth-order valence-electron chi connectivity index (χ4n) is 3.45. The molecule has 21 heavy (non-hydrogen) atoms. The zero-order chi connectivity index (χ0) is 14.9. The average Bonchev–Trinajstić information content (AvgIpc) is 3.19. The summed E-state index contributed by atoms with van der Waals surface area (Å²) < 4.78 is 5.43. The molecule has 2 aliphatic carbocycles. The van der Waals surface area contributed by atoms with Gasteiger partial charge in [-0.05, 0) is 25.7 Å². The highest BCUT2D eigenvalue weighted by Gasteiger charge is 2.46. The standard InChI is InChI=1S/C15H25N3O3/c16-10-15(5-1-2-6-15)14(20)18-7-8-21-9-12(18)13(19)17-11-3-4-11/h11-12H,1-10,16H2,(H,17,19). The third kappa shape index (κ3) is 2.92. The molecule has 0 radical (unpaired) electrons. The molecule has 6 heteroatoms. The number of carbonyl (C=O) groups is 2. The first kappa shape index (κ1) is 14.8. The van der Waals surface area contributed by atoms with Crippen LogP contribution in [-0.4, -0.2) is 55.1 Å². The minimum Gasteiger partial charge on any atom is -0.377 e. The topological polar surface area (TPSA) is 84.7 Å². The van der Waals surface area contributed by atoms with Crippen LogP contribution in [0.2, 0.25) is 0 Å². The van der Waals surface area contributed by atoms with Crippen LogP contribution in [0.15, 0.2) is 0 Å². The second kappa shape index (κ2) is 5.93. The maximum atomic E-state index is 13.0. The van der Waals surface area contributed by atoms with Crippen LogP contribution < -0.4 is 11.1 Å². The summed E-state index contributed by atoms with van der Waals surface area (Å²) in [5, 5.41) is 2.99. The van der Waals surface area contributed by atoms with Crippen molar-refractivity contribution in [2.75, 3.05) is 26.3 Å². The van der Waals surface area contributed by atoms with E-state index in [9.17, 15) is 9.59 Å². The lowest BCUT2D eigenvalue weighted by atomic mass is 9.84. The van der Waals surface area contributed by atoms with Crippen LogP contribution in [0, 0.1) is 5.41 Å². The molecule has 1 atom stereocenters. The van der Waals surface area contributed by atoms with Crippen molar-refractivity contribution in [2.45, 2.75) is 50.6 Å². The van der Waals surface area contributed by atoms with Gasteiger partial charge in [0, 0.05) is 19.1 Å². The molecule has 1 saturated heterocycles. The molecule has 0 aromatic carbocycles. The lowest BCUT2D eigenvalue weighted by Gasteiger charge is -2.40. The van der Waals surface area contributed by atoms with Crippen LogP contribution in [-0.2, 0) is 14.3 Å². The molecule has 0 aromatic heterocycles. The molecule has 3 fully saturated rings. The van der Waals surface area contributed by atoms with Gasteiger partial charge in [-0.3, -0.25) is 9.59 Å². The Morgan fingerprint density at radius 2 is 2.00 bits per heavy atom. The predicted octanol–water partition coefficient (Wildman–Crippen LogP) is 0.0115. The Labute approximate surface area is 125 Å². The Morgan fingerprint density at radius 1 is 1.29 bits per heavy atom. The minimum atomic E-state index is -0.490. The van der Waals surface area contributed by atoms with E-state index in [4.69, 9.17) is 10.5 Å². The molecular weight excluding hydrogens is 270 g/mol. The zero-order valence-corrected chi connectivity index (χ0v) is 12.5. The Hall–Kier alpha value is -1.14.